The molecule has 1 heterocycles. The minimum Gasteiger partial charge on any atom is -0.381 e. The normalized spacial score (nSPS) is 37.2. The monoisotopic (exact) mass is 254 g/mol. The van der Waals surface area contributed by atoms with E-state index in [2.05, 4.69) is 17.6 Å². The molecule has 104 valence electrons. The van der Waals surface area contributed by atoms with Crippen molar-refractivity contribution in [2.24, 2.45) is 5.92 Å². The number of amides is 1. The number of ether oxygens (including phenoxy) is 1. The number of hydrogen-bond acceptors (Lipinski definition) is 3. The summed E-state index contributed by atoms with van der Waals surface area (Å²) in [6.45, 7) is 3.20. The van der Waals surface area contributed by atoms with E-state index in [0.717, 1.165) is 38.6 Å². The van der Waals surface area contributed by atoms with Crippen LogP contribution in [0.4, 0.5) is 0 Å². The lowest BCUT2D eigenvalue weighted by molar-refractivity contribution is -0.125. The third-order valence-electron chi connectivity index (χ3n) is 4.40. The van der Waals surface area contributed by atoms with Gasteiger partial charge in [0.15, 0.2) is 0 Å². The first-order valence-electron chi connectivity index (χ1n) is 7.27. The van der Waals surface area contributed by atoms with Crippen molar-refractivity contribution in [2.45, 2.75) is 63.6 Å². The van der Waals surface area contributed by atoms with Gasteiger partial charge in [0.1, 0.15) is 0 Å². The van der Waals surface area contributed by atoms with Gasteiger partial charge in [-0.25, -0.2) is 0 Å². The fourth-order valence-electron chi connectivity index (χ4n) is 3.12. The summed E-state index contributed by atoms with van der Waals surface area (Å²) in [5.74, 6) is 0.792. The summed E-state index contributed by atoms with van der Waals surface area (Å²) in [4.78, 5) is 12.1. The van der Waals surface area contributed by atoms with E-state index in [-0.39, 0.29) is 11.9 Å². The fraction of sp³-hybridized carbons (Fsp3) is 0.929. The van der Waals surface area contributed by atoms with Crippen molar-refractivity contribution in [3.63, 3.8) is 0 Å². The van der Waals surface area contributed by atoms with Crippen LogP contribution in [0.1, 0.15) is 45.4 Å². The Morgan fingerprint density at radius 1 is 1.28 bits per heavy atom. The summed E-state index contributed by atoms with van der Waals surface area (Å²) >= 11 is 0. The fourth-order valence-corrected chi connectivity index (χ4v) is 3.12. The van der Waals surface area contributed by atoms with E-state index in [1.54, 1.807) is 7.11 Å². The molecular formula is C14H26N2O2. The van der Waals surface area contributed by atoms with Gasteiger partial charge in [-0.15, -0.1) is 0 Å². The molecule has 0 radical (unpaired) electrons. The minimum atomic E-state index is 0.0269. The highest BCUT2D eigenvalue weighted by atomic mass is 16.5. The molecule has 2 aliphatic rings. The Kier molecular flexibility index (Phi) is 5.01. The highest BCUT2D eigenvalue weighted by Gasteiger charge is 2.30. The van der Waals surface area contributed by atoms with Crippen LogP contribution in [0.5, 0.6) is 0 Å². The summed E-state index contributed by atoms with van der Waals surface area (Å²) in [6, 6.07) is 0.321. The zero-order chi connectivity index (χ0) is 13.0. The van der Waals surface area contributed by atoms with E-state index in [1.165, 1.54) is 6.42 Å². The molecule has 2 rings (SSSR count). The smallest absolute Gasteiger partial charge is 0.237 e. The van der Waals surface area contributed by atoms with Gasteiger partial charge in [-0.3, -0.25) is 4.79 Å². The Hall–Kier alpha value is -0.610. The van der Waals surface area contributed by atoms with Crippen LogP contribution in [0, 0.1) is 5.92 Å². The molecule has 1 saturated heterocycles. The number of carbonyl (C=O) groups is 1. The average molecular weight is 254 g/mol. The predicted octanol–water partition coefficient (Wildman–Crippen LogP) is 1.45. The molecule has 4 unspecified atom stereocenters. The van der Waals surface area contributed by atoms with E-state index in [1.807, 2.05) is 0 Å². The van der Waals surface area contributed by atoms with Crippen molar-refractivity contribution < 1.29 is 9.53 Å². The summed E-state index contributed by atoms with van der Waals surface area (Å²) in [7, 11) is 1.77. The van der Waals surface area contributed by atoms with Crippen molar-refractivity contribution in [3.05, 3.63) is 0 Å². The molecule has 0 aromatic carbocycles. The maximum Gasteiger partial charge on any atom is 0.237 e. The molecule has 4 heteroatoms. The van der Waals surface area contributed by atoms with Gasteiger partial charge < -0.3 is 15.4 Å². The first kappa shape index (κ1) is 13.8. The van der Waals surface area contributed by atoms with Gasteiger partial charge in [-0.2, -0.15) is 0 Å². The predicted molar refractivity (Wildman–Crippen MR) is 71.4 cm³/mol. The van der Waals surface area contributed by atoms with Crippen LogP contribution in [0.25, 0.3) is 0 Å². The van der Waals surface area contributed by atoms with Crippen LogP contribution < -0.4 is 10.6 Å². The number of piperidine rings is 1. The molecule has 2 fully saturated rings. The van der Waals surface area contributed by atoms with Gasteiger partial charge in [0.05, 0.1) is 12.1 Å². The highest BCUT2D eigenvalue weighted by Crippen LogP contribution is 2.26. The molecular weight excluding hydrogens is 228 g/mol. The van der Waals surface area contributed by atoms with Gasteiger partial charge in [-0.05, 0) is 44.6 Å². The molecule has 4 atom stereocenters. The van der Waals surface area contributed by atoms with Gasteiger partial charge in [0.2, 0.25) is 5.91 Å². The second kappa shape index (κ2) is 6.53. The van der Waals surface area contributed by atoms with Crippen LogP contribution in [0.2, 0.25) is 0 Å². The molecule has 4 nitrogen and oxygen atoms in total. The lowest BCUT2D eigenvalue weighted by atomic mass is 9.84. The molecule has 2 N–H and O–H groups in total. The Balaban J connectivity index is 1.80. The van der Waals surface area contributed by atoms with Crippen LogP contribution in [-0.2, 0) is 9.53 Å². The quantitative estimate of drug-likeness (QED) is 0.801. The average Bonchev–Trinajstić information content (AvgIpc) is 2.42. The largest absolute Gasteiger partial charge is 0.381 e. The first-order chi connectivity index (χ1) is 8.70. The maximum atomic E-state index is 12.1. The molecule has 1 aliphatic heterocycles. The van der Waals surface area contributed by atoms with Gasteiger partial charge in [-0.1, -0.05) is 13.3 Å². The van der Waals surface area contributed by atoms with Crippen molar-refractivity contribution in [3.8, 4) is 0 Å². The molecule has 0 bridgehead atoms. The Morgan fingerprint density at radius 3 is 2.78 bits per heavy atom. The number of rotatable bonds is 3. The highest BCUT2D eigenvalue weighted by molar-refractivity contribution is 5.82. The Labute approximate surface area is 110 Å². The second-order valence-electron chi connectivity index (χ2n) is 5.77. The SMILES string of the molecule is COC1CC(NC(=O)C2CCCCN2)CCC1C. The minimum absolute atomic E-state index is 0.0269. The van der Waals surface area contributed by atoms with Crippen molar-refractivity contribution >= 4 is 5.91 Å². The zero-order valence-electron chi connectivity index (χ0n) is 11.6. The van der Waals surface area contributed by atoms with E-state index in [0.29, 0.717) is 18.1 Å². The second-order valence-corrected chi connectivity index (χ2v) is 5.77. The Bertz CT molecular complexity index is 277. The lowest BCUT2D eigenvalue weighted by Crippen LogP contribution is -2.51. The lowest BCUT2D eigenvalue weighted by Gasteiger charge is -2.34. The van der Waals surface area contributed by atoms with Gasteiger partial charge in [0, 0.05) is 13.2 Å². The van der Waals surface area contributed by atoms with Crippen LogP contribution >= 0.6 is 0 Å². The summed E-state index contributed by atoms with van der Waals surface area (Å²) in [5.41, 5.74) is 0. The molecule has 1 saturated carbocycles. The number of methoxy groups -OCH3 is 1. The van der Waals surface area contributed by atoms with Crippen LogP contribution in [0.3, 0.4) is 0 Å². The zero-order valence-corrected chi connectivity index (χ0v) is 11.6. The molecule has 0 aromatic heterocycles. The molecule has 1 aliphatic carbocycles. The third-order valence-corrected chi connectivity index (χ3v) is 4.40. The van der Waals surface area contributed by atoms with E-state index < -0.39 is 0 Å². The van der Waals surface area contributed by atoms with Crippen molar-refractivity contribution in [2.75, 3.05) is 13.7 Å². The first-order valence-corrected chi connectivity index (χ1v) is 7.27. The number of nitrogens with one attached hydrogen (secondary N) is 2. The molecule has 0 aromatic rings. The van der Waals surface area contributed by atoms with Crippen LogP contribution in [-0.4, -0.2) is 37.7 Å². The molecule has 18 heavy (non-hydrogen) atoms. The Morgan fingerprint density at radius 2 is 2.11 bits per heavy atom. The van der Waals surface area contributed by atoms with Gasteiger partial charge >= 0.3 is 0 Å². The summed E-state index contributed by atoms with van der Waals surface area (Å²) < 4.78 is 5.49. The third kappa shape index (κ3) is 3.45. The van der Waals surface area contributed by atoms with E-state index in [9.17, 15) is 4.79 Å². The van der Waals surface area contributed by atoms with Gasteiger partial charge in [0.25, 0.3) is 0 Å². The standard InChI is InChI=1S/C14H26N2O2/c1-10-6-7-11(9-13(10)18-2)16-14(17)12-5-3-4-8-15-12/h10-13,15H,3-9H2,1-2H3,(H,16,17). The van der Waals surface area contributed by atoms with Crippen molar-refractivity contribution in [1.29, 1.82) is 0 Å². The number of carbonyl (C=O) groups excluding carboxylic acids is 1. The molecule has 1 amide bonds. The molecule has 0 spiro atoms. The summed E-state index contributed by atoms with van der Waals surface area (Å²) in [6.07, 6.45) is 6.80. The summed E-state index contributed by atoms with van der Waals surface area (Å²) in [5, 5.41) is 6.49. The topological polar surface area (TPSA) is 50.4 Å². The van der Waals surface area contributed by atoms with Crippen molar-refractivity contribution in [1.82, 2.24) is 10.6 Å². The van der Waals surface area contributed by atoms with E-state index in [4.69, 9.17) is 4.74 Å². The maximum absolute atomic E-state index is 12.1. The van der Waals surface area contributed by atoms with E-state index >= 15 is 0 Å². The number of hydrogen-bond donors (Lipinski definition) is 2. The van der Waals surface area contributed by atoms with Crippen LogP contribution in [0.15, 0.2) is 0 Å².